The molecule has 0 amide bonds. The van der Waals surface area contributed by atoms with Crippen molar-refractivity contribution >= 4 is 32.3 Å². The van der Waals surface area contributed by atoms with E-state index in [9.17, 15) is 12.8 Å². The highest BCUT2D eigenvalue weighted by Gasteiger charge is 2.15. The van der Waals surface area contributed by atoms with E-state index < -0.39 is 10.0 Å². The SMILES string of the molecule is Cn1ncc2cc(-c3cnc4c(NS(C)(=O)=O)cc(-c5ccc(F)cc5)cn34)ccc21. The van der Waals surface area contributed by atoms with E-state index in [1.165, 1.54) is 12.1 Å². The predicted octanol–water partition coefficient (Wildman–Crippen LogP) is 4.07. The van der Waals surface area contributed by atoms with Gasteiger partial charge in [0.1, 0.15) is 5.82 Å². The van der Waals surface area contributed by atoms with Gasteiger partial charge in [-0.1, -0.05) is 18.2 Å². The predicted molar refractivity (Wildman–Crippen MR) is 119 cm³/mol. The molecule has 3 heterocycles. The number of halogens is 1. The van der Waals surface area contributed by atoms with Crippen LogP contribution in [0, 0.1) is 5.82 Å². The fraction of sp³-hybridized carbons (Fsp3) is 0.0909. The van der Waals surface area contributed by atoms with E-state index in [4.69, 9.17) is 0 Å². The quantitative estimate of drug-likeness (QED) is 0.462. The van der Waals surface area contributed by atoms with Crippen molar-refractivity contribution in [3.63, 3.8) is 0 Å². The summed E-state index contributed by atoms with van der Waals surface area (Å²) in [5.74, 6) is -0.340. The number of rotatable bonds is 4. The lowest BCUT2D eigenvalue weighted by molar-refractivity contribution is 0.607. The molecule has 0 atom stereocenters. The Morgan fingerprint density at radius 2 is 1.71 bits per heavy atom. The van der Waals surface area contributed by atoms with Crippen molar-refractivity contribution in [2.75, 3.05) is 11.0 Å². The lowest BCUT2D eigenvalue weighted by atomic mass is 10.1. The molecule has 0 unspecified atom stereocenters. The number of pyridine rings is 1. The van der Waals surface area contributed by atoms with Crippen LogP contribution < -0.4 is 4.72 Å². The number of hydrogen-bond donors (Lipinski definition) is 1. The highest BCUT2D eigenvalue weighted by atomic mass is 32.2. The van der Waals surface area contributed by atoms with Gasteiger partial charge in [-0.05, 0) is 35.9 Å². The van der Waals surface area contributed by atoms with Crippen LogP contribution in [0.25, 0.3) is 38.9 Å². The van der Waals surface area contributed by atoms with E-state index in [-0.39, 0.29) is 5.82 Å². The molecule has 3 aromatic heterocycles. The summed E-state index contributed by atoms with van der Waals surface area (Å²) < 4.78 is 43.5. The summed E-state index contributed by atoms with van der Waals surface area (Å²) in [5, 5.41) is 5.27. The van der Waals surface area contributed by atoms with E-state index in [1.54, 1.807) is 35.3 Å². The largest absolute Gasteiger partial charge is 0.297 e. The molecule has 7 nitrogen and oxygen atoms in total. The Balaban J connectivity index is 1.75. The summed E-state index contributed by atoms with van der Waals surface area (Å²) in [6.07, 6.45) is 6.46. The molecule has 0 saturated heterocycles. The number of nitrogens with zero attached hydrogens (tertiary/aromatic N) is 4. The topological polar surface area (TPSA) is 81.3 Å². The first kappa shape index (κ1) is 19.3. The molecule has 0 bridgehead atoms. The summed E-state index contributed by atoms with van der Waals surface area (Å²) in [5.41, 5.74) is 5.00. The van der Waals surface area contributed by atoms with Gasteiger partial charge in [-0.15, -0.1) is 0 Å². The van der Waals surface area contributed by atoms with Crippen LogP contribution in [0.1, 0.15) is 0 Å². The molecule has 0 radical (unpaired) electrons. The monoisotopic (exact) mass is 435 g/mol. The number of fused-ring (bicyclic) bond motifs is 2. The van der Waals surface area contributed by atoms with E-state index >= 15 is 0 Å². The zero-order chi connectivity index (χ0) is 21.8. The average molecular weight is 435 g/mol. The normalized spacial score (nSPS) is 12.0. The fourth-order valence-corrected chi connectivity index (χ4v) is 4.25. The third-order valence-electron chi connectivity index (χ3n) is 5.12. The second-order valence-electron chi connectivity index (χ2n) is 7.40. The van der Waals surface area contributed by atoms with Gasteiger partial charge in [-0.25, -0.2) is 17.8 Å². The van der Waals surface area contributed by atoms with Crippen molar-refractivity contribution < 1.29 is 12.8 Å². The van der Waals surface area contributed by atoms with Crippen molar-refractivity contribution in [1.29, 1.82) is 0 Å². The number of aromatic nitrogens is 4. The Labute approximate surface area is 177 Å². The molecule has 0 spiro atoms. The maximum atomic E-state index is 13.4. The third-order valence-corrected chi connectivity index (χ3v) is 5.71. The molecule has 5 aromatic rings. The highest BCUT2D eigenvalue weighted by molar-refractivity contribution is 7.92. The van der Waals surface area contributed by atoms with Crippen molar-refractivity contribution in [2.24, 2.45) is 7.05 Å². The van der Waals surface area contributed by atoms with Crippen molar-refractivity contribution in [1.82, 2.24) is 19.2 Å². The van der Waals surface area contributed by atoms with Gasteiger partial charge in [-0.3, -0.25) is 13.8 Å². The molecule has 156 valence electrons. The van der Waals surface area contributed by atoms with Crippen LogP contribution in [0.4, 0.5) is 10.1 Å². The average Bonchev–Trinajstić information content (AvgIpc) is 3.31. The second-order valence-corrected chi connectivity index (χ2v) is 9.15. The lowest BCUT2D eigenvalue weighted by Crippen LogP contribution is -2.11. The maximum Gasteiger partial charge on any atom is 0.229 e. The number of imidazole rings is 1. The van der Waals surface area contributed by atoms with Crippen LogP contribution in [-0.4, -0.2) is 33.8 Å². The van der Waals surface area contributed by atoms with E-state index in [0.717, 1.165) is 39.5 Å². The number of nitrogens with one attached hydrogen (secondary N) is 1. The summed E-state index contributed by atoms with van der Waals surface area (Å²) in [6, 6.07) is 13.7. The van der Waals surface area contributed by atoms with Gasteiger partial charge in [0.15, 0.2) is 5.65 Å². The highest BCUT2D eigenvalue weighted by Crippen LogP contribution is 2.31. The minimum atomic E-state index is -3.53. The van der Waals surface area contributed by atoms with Crippen LogP contribution in [0.2, 0.25) is 0 Å². The number of anilines is 1. The van der Waals surface area contributed by atoms with Gasteiger partial charge in [0.25, 0.3) is 0 Å². The number of hydrogen-bond acceptors (Lipinski definition) is 4. The molecule has 5 rings (SSSR count). The Bertz CT molecular complexity index is 1550. The molecule has 31 heavy (non-hydrogen) atoms. The van der Waals surface area contributed by atoms with Crippen LogP contribution in [-0.2, 0) is 17.1 Å². The summed E-state index contributed by atoms with van der Waals surface area (Å²) >= 11 is 0. The minimum absolute atomic E-state index is 0.340. The van der Waals surface area contributed by atoms with Gasteiger partial charge in [0.2, 0.25) is 10.0 Å². The van der Waals surface area contributed by atoms with Crippen LogP contribution in [0.5, 0.6) is 0 Å². The molecule has 9 heteroatoms. The molecule has 0 fully saturated rings. The first-order chi connectivity index (χ1) is 14.8. The Morgan fingerprint density at radius 3 is 2.45 bits per heavy atom. The Kier molecular flexibility index (Phi) is 4.30. The molecule has 2 aromatic carbocycles. The standard InChI is InChI=1S/C22H18FN5O2S/c1-27-20-8-5-15(9-16(20)11-25-27)21-12-24-22-19(26-31(2,29)30)10-17(13-28(21)22)14-3-6-18(23)7-4-14/h3-13,26H,1-2H3. The molecule has 0 aliphatic carbocycles. The zero-order valence-corrected chi connectivity index (χ0v) is 17.6. The van der Waals surface area contributed by atoms with Gasteiger partial charge >= 0.3 is 0 Å². The second kappa shape index (κ2) is 6.92. The fourth-order valence-electron chi connectivity index (χ4n) is 3.70. The molecule has 0 aliphatic heterocycles. The van der Waals surface area contributed by atoms with E-state index in [0.29, 0.717) is 11.3 Å². The van der Waals surface area contributed by atoms with Crippen LogP contribution in [0.3, 0.4) is 0 Å². The first-order valence-corrected chi connectivity index (χ1v) is 11.3. The van der Waals surface area contributed by atoms with Crippen molar-refractivity contribution in [2.45, 2.75) is 0 Å². The minimum Gasteiger partial charge on any atom is -0.297 e. The zero-order valence-electron chi connectivity index (χ0n) is 16.7. The van der Waals surface area contributed by atoms with E-state index in [2.05, 4.69) is 14.8 Å². The van der Waals surface area contributed by atoms with E-state index in [1.807, 2.05) is 35.8 Å². The summed E-state index contributed by atoms with van der Waals surface area (Å²) in [6.45, 7) is 0. The third kappa shape index (κ3) is 3.53. The Morgan fingerprint density at radius 1 is 0.968 bits per heavy atom. The van der Waals surface area contributed by atoms with Crippen molar-refractivity contribution in [3.8, 4) is 22.4 Å². The van der Waals surface area contributed by atoms with Gasteiger partial charge < -0.3 is 0 Å². The Hall–Kier alpha value is -3.72. The summed E-state index contributed by atoms with van der Waals surface area (Å²) in [4.78, 5) is 4.47. The number of sulfonamides is 1. The van der Waals surface area contributed by atoms with Crippen molar-refractivity contribution in [3.05, 3.63) is 72.9 Å². The van der Waals surface area contributed by atoms with Gasteiger partial charge in [0.05, 0.1) is 35.5 Å². The van der Waals surface area contributed by atoms with Gasteiger partial charge in [-0.2, -0.15) is 5.10 Å². The van der Waals surface area contributed by atoms with Crippen LogP contribution in [0.15, 0.2) is 67.1 Å². The molecular weight excluding hydrogens is 417 g/mol. The molecule has 0 aliphatic rings. The molecule has 1 N–H and O–H groups in total. The molecule has 0 saturated carbocycles. The summed E-state index contributed by atoms with van der Waals surface area (Å²) in [7, 11) is -1.65. The maximum absolute atomic E-state index is 13.4. The number of aryl methyl sites for hydroxylation is 1. The first-order valence-electron chi connectivity index (χ1n) is 9.45. The number of benzene rings is 2. The van der Waals surface area contributed by atoms with Crippen LogP contribution >= 0.6 is 0 Å². The van der Waals surface area contributed by atoms with Gasteiger partial charge in [0, 0.05) is 29.8 Å². The lowest BCUT2D eigenvalue weighted by Gasteiger charge is -2.11. The smallest absolute Gasteiger partial charge is 0.229 e. The molecular formula is C22H18FN5O2S.